The lowest BCUT2D eigenvalue weighted by molar-refractivity contribution is -0.116. The fourth-order valence-corrected chi connectivity index (χ4v) is 2.23. The minimum absolute atomic E-state index is 0.199. The molecule has 2 N–H and O–H groups in total. The normalized spacial score (nSPS) is 10.8. The molecule has 1 aromatic rings. The second kappa shape index (κ2) is 9.22. The molecule has 7 heteroatoms. The van der Waals surface area contributed by atoms with Gasteiger partial charge in [-0.2, -0.15) is 0 Å². The minimum atomic E-state index is -0.553. The fraction of sp³-hybridized carbons (Fsp3) is 0.526. The monoisotopic (exact) mass is 364 g/mol. The Kier molecular flexibility index (Phi) is 7.61. The molecule has 2 amide bonds. The lowest BCUT2D eigenvalue weighted by atomic mass is 10.0. The zero-order chi connectivity index (χ0) is 19.9. The topological polar surface area (TPSA) is 93.7 Å². The summed E-state index contributed by atoms with van der Waals surface area (Å²) in [7, 11) is 1.32. The molecule has 0 fully saturated rings. The van der Waals surface area contributed by atoms with Crippen LogP contribution in [0.2, 0.25) is 0 Å². The number of nitrogens with one attached hydrogen (secondary N) is 2. The van der Waals surface area contributed by atoms with Gasteiger partial charge in [0.25, 0.3) is 0 Å². The van der Waals surface area contributed by atoms with Gasteiger partial charge in [0.1, 0.15) is 5.60 Å². The van der Waals surface area contributed by atoms with Gasteiger partial charge in [-0.1, -0.05) is 0 Å². The summed E-state index contributed by atoms with van der Waals surface area (Å²) in [6.45, 7) is 9.38. The van der Waals surface area contributed by atoms with Crippen molar-refractivity contribution >= 4 is 23.7 Å². The molecular formula is C19H28N2O5. The number of hydrogen-bond acceptors (Lipinski definition) is 5. The Labute approximate surface area is 154 Å². The van der Waals surface area contributed by atoms with Crippen LogP contribution in [-0.2, 0) is 14.3 Å². The first-order valence-electron chi connectivity index (χ1n) is 8.49. The van der Waals surface area contributed by atoms with Crippen LogP contribution < -0.4 is 10.6 Å². The van der Waals surface area contributed by atoms with Crippen LogP contribution in [0, 0.1) is 13.8 Å². The zero-order valence-corrected chi connectivity index (χ0v) is 16.3. The number of carbonyl (C=O) groups excluding carboxylic acids is 3. The van der Waals surface area contributed by atoms with E-state index in [1.165, 1.54) is 7.11 Å². The third-order valence-corrected chi connectivity index (χ3v) is 3.61. The third kappa shape index (κ3) is 7.13. The summed E-state index contributed by atoms with van der Waals surface area (Å²) in [4.78, 5) is 35.4. The maximum atomic E-state index is 12.1. The van der Waals surface area contributed by atoms with Crippen LogP contribution in [-0.4, -0.2) is 37.2 Å². The third-order valence-electron chi connectivity index (χ3n) is 3.61. The Balaban J connectivity index is 2.52. The molecule has 0 aliphatic rings. The molecule has 0 unspecified atom stereocenters. The van der Waals surface area contributed by atoms with Crippen LogP contribution >= 0.6 is 0 Å². The summed E-state index contributed by atoms with van der Waals surface area (Å²) < 4.78 is 9.88. The number of benzene rings is 1. The highest BCUT2D eigenvalue weighted by atomic mass is 16.6. The number of hydrogen-bond donors (Lipinski definition) is 2. The molecule has 0 radical (unpaired) electrons. The van der Waals surface area contributed by atoms with Crippen molar-refractivity contribution in [3.63, 3.8) is 0 Å². The Morgan fingerprint density at radius 3 is 2.35 bits per heavy atom. The molecule has 0 aliphatic heterocycles. The van der Waals surface area contributed by atoms with Crippen LogP contribution in [0.1, 0.15) is 55.1 Å². The number of ether oxygens (including phenoxy) is 2. The second-order valence-corrected chi connectivity index (χ2v) is 7.04. The molecule has 0 saturated heterocycles. The molecule has 144 valence electrons. The Bertz CT molecular complexity index is 677. The highest BCUT2D eigenvalue weighted by Gasteiger charge is 2.16. The maximum Gasteiger partial charge on any atom is 0.407 e. The average molecular weight is 364 g/mol. The van der Waals surface area contributed by atoms with E-state index in [1.54, 1.807) is 32.9 Å². The van der Waals surface area contributed by atoms with Crippen molar-refractivity contribution in [3.8, 4) is 0 Å². The first kappa shape index (κ1) is 21.5. The number of esters is 1. The summed E-state index contributed by atoms with van der Waals surface area (Å²) in [5, 5.41) is 5.37. The quantitative estimate of drug-likeness (QED) is 0.596. The zero-order valence-electron chi connectivity index (χ0n) is 16.3. The predicted octanol–water partition coefficient (Wildman–Crippen LogP) is 3.33. The van der Waals surface area contributed by atoms with E-state index >= 15 is 0 Å². The second-order valence-electron chi connectivity index (χ2n) is 7.04. The summed E-state index contributed by atoms with van der Waals surface area (Å²) in [5.74, 6) is -0.640. The molecule has 0 aliphatic carbocycles. The van der Waals surface area contributed by atoms with E-state index < -0.39 is 17.7 Å². The number of methoxy groups -OCH3 is 1. The molecule has 1 rings (SSSR count). The van der Waals surface area contributed by atoms with Crippen molar-refractivity contribution in [2.24, 2.45) is 0 Å². The number of anilines is 1. The van der Waals surface area contributed by atoms with Crippen LogP contribution in [0.4, 0.5) is 10.5 Å². The van der Waals surface area contributed by atoms with Gasteiger partial charge in [-0.3, -0.25) is 4.79 Å². The largest absolute Gasteiger partial charge is 0.465 e. The van der Waals surface area contributed by atoms with E-state index in [0.29, 0.717) is 24.2 Å². The predicted molar refractivity (Wildman–Crippen MR) is 99.4 cm³/mol. The van der Waals surface area contributed by atoms with Crippen molar-refractivity contribution in [1.29, 1.82) is 0 Å². The van der Waals surface area contributed by atoms with Gasteiger partial charge in [0.05, 0.1) is 12.7 Å². The van der Waals surface area contributed by atoms with Gasteiger partial charge in [0, 0.05) is 18.7 Å². The standard InChI is InChI=1S/C19H28N2O5/c1-12-10-14(11-15(13(12)2)17(23)25-6)21-16(22)8-7-9-20-18(24)26-19(3,4)5/h10-11H,7-9H2,1-6H3,(H,20,24)(H,21,22). The van der Waals surface area contributed by atoms with Gasteiger partial charge in [0.15, 0.2) is 0 Å². The van der Waals surface area contributed by atoms with Crippen LogP contribution in [0.3, 0.4) is 0 Å². The average Bonchev–Trinajstić information content (AvgIpc) is 2.52. The lowest BCUT2D eigenvalue weighted by Crippen LogP contribution is -2.33. The number of aryl methyl sites for hydroxylation is 1. The van der Waals surface area contributed by atoms with Crippen LogP contribution in [0.5, 0.6) is 0 Å². The summed E-state index contributed by atoms with van der Waals surface area (Å²) >= 11 is 0. The Hall–Kier alpha value is -2.57. The van der Waals surface area contributed by atoms with E-state index in [-0.39, 0.29) is 12.3 Å². The molecule has 0 heterocycles. The van der Waals surface area contributed by atoms with Crippen LogP contribution in [0.25, 0.3) is 0 Å². The molecule has 0 atom stereocenters. The Morgan fingerprint density at radius 1 is 1.12 bits per heavy atom. The summed E-state index contributed by atoms with van der Waals surface area (Å²) in [6.07, 6.45) is 0.200. The number of rotatable bonds is 6. The first-order valence-corrected chi connectivity index (χ1v) is 8.49. The van der Waals surface area contributed by atoms with Crippen molar-refractivity contribution in [1.82, 2.24) is 5.32 Å². The van der Waals surface area contributed by atoms with E-state index in [4.69, 9.17) is 9.47 Å². The SMILES string of the molecule is COC(=O)c1cc(NC(=O)CCCNC(=O)OC(C)(C)C)cc(C)c1C. The summed E-state index contributed by atoms with van der Waals surface area (Å²) in [6, 6.07) is 3.41. The Morgan fingerprint density at radius 2 is 1.77 bits per heavy atom. The van der Waals surface area contributed by atoms with Crippen LogP contribution in [0.15, 0.2) is 12.1 Å². The molecule has 0 bridgehead atoms. The molecule has 0 saturated carbocycles. The maximum absolute atomic E-state index is 12.1. The van der Waals surface area contributed by atoms with E-state index in [1.807, 2.05) is 13.8 Å². The molecule has 1 aromatic carbocycles. The fourth-order valence-electron chi connectivity index (χ4n) is 2.23. The number of amides is 2. The van der Waals surface area contributed by atoms with Crippen molar-refractivity contribution < 1.29 is 23.9 Å². The van der Waals surface area contributed by atoms with Gasteiger partial charge in [-0.05, 0) is 64.3 Å². The molecule has 0 aromatic heterocycles. The highest BCUT2D eigenvalue weighted by Crippen LogP contribution is 2.21. The molecular weight excluding hydrogens is 336 g/mol. The van der Waals surface area contributed by atoms with E-state index in [0.717, 1.165) is 11.1 Å². The van der Waals surface area contributed by atoms with E-state index in [2.05, 4.69) is 10.6 Å². The van der Waals surface area contributed by atoms with Gasteiger partial charge in [-0.15, -0.1) is 0 Å². The van der Waals surface area contributed by atoms with Crippen molar-refractivity contribution in [2.45, 2.75) is 53.1 Å². The number of carbonyl (C=O) groups is 3. The molecule has 7 nitrogen and oxygen atoms in total. The lowest BCUT2D eigenvalue weighted by Gasteiger charge is -2.19. The van der Waals surface area contributed by atoms with Crippen molar-refractivity contribution in [3.05, 3.63) is 28.8 Å². The van der Waals surface area contributed by atoms with Gasteiger partial charge < -0.3 is 20.1 Å². The van der Waals surface area contributed by atoms with Gasteiger partial charge in [-0.25, -0.2) is 9.59 Å². The van der Waals surface area contributed by atoms with E-state index in [9.17, 15) is 14.4 Å². The minimum Gasteiger partial charge on any atom is -0.465 e. The molecule has 0 spiro atoms. The summed E-state index contributed by atoms with van der Waals surface area (Å²) in [5.41, 5.74) is 2.11. The molecule has 26 heavy (non-hydrogen) atoms. The van der Waals surface area contributed by atoms with Crippen molar-refractivity contribution in [2.75, 3.05) is 19.0 Å². The van der Waals surface area contributed by atoms with Gasteiger partial charge >= 0.3 is 12.1 Å². The first-order chi connectivity index (χ1) is 12.0. The van der Waals surface area contributed by atoms with Gasteiger partial charge in [0.2, 0.25) is 5.91 Å². The smallest absolute Gasteiger partial charge is 0.407 e. The number of alkyl carbamates (subject to hydrolysis) is 1. The highest BCUT2D eigenvalue weighted by molar-refractivity contribution is 5.96.